The van der Waals surface area contributed by atoms with Crippen molar-refractivity contribution in [3.8, 4) is 0 Å². The maximum Gasteiger partial charge on any atom is 0.317 e. The van der Waals surface area contributed by atoms with Crippen LogP contribution in [0.2, 0.25) is 0 Å². The average molecular weight is 343 g/mol. The van der Waals surface area contributed by atoms with Gasteiger partial charge in [-0.05, 0) is 36.9 Å². The van der Waals surface area contributed by atoms with E-state index in [-0.39, 0.29) is 6.03 Å². The van der Waals surface area contributed by atoms with Crippen molar-refractivity contribution in [3.05, 3.63) is 36.3 Å². The SMILES string of the molecule is CC(C)CN1CCC(CNC(=O)N(C)Cc2cnc3ccccn23)C1. The van der Waals surface area contributed by atoms with Gasteiger partial charge in [-0.15, -0.1) is 0 Å². The smallest absolute Gasteiger partial charge is 0.317 e. The number of rotatable bonds is 6. The summed E-state index contributed by atoms with van der Waals surface area (Å²) in [5, 5.41) is 3.09. The molecular formula is C19H29N5O. The topological polar surface area (TPSA) is 52.9 Å². The summed E-state index contributed by atoms with van der Waals surface area (Å²) < 4.78 is 2.02. The van der Waals surface area contributed by atoms with E-state index in [1.165, 1.54) is 6.42 Å². The second-order valence-electron chi connectivity index (χ2n) is 7.53. The van der Waals surface area contributed by atoms with Gasteiger partial charge in [0.15, 0.2) is 0 Å². The van der Waals surface area contributed by atoms with Gasteiger partial charge in [0.1, 0.15) is 5.65 Å². The first kappa shape index (κ1) is 17.7. The fourth-order valence-corrected chi connectivity index (χ4v) is 3.55. The number of carbonyl (C=O) groups excluding carboxylic acids is 1. The van der Waals surface area contributed by atoms with Crippen LogP contribution in [0.15, 0.2) is 30.6 Å². The predicted molar refractivity (Wildman–Crippen MR) is 99.4 cm³/mol. The van der Waals surface area contributed by atoms with Gasteiger partial charge in [0, 0.05) is 32.9 Å². The third-order valence-electron chi connectivity index (χ3n) is 4.77. The molecule has 6 nitrogen and oxygen atoms in total. The molecule has 0 bridgehead atoms. The molecule has 1 aliphatic heterocycles. The molecule has 0 saturated carbocycles. The molecule has 1 atom stereocenters. The molecule has 0 radical (unpaired) electrons. The van der Waals surface area contributed by atoms with Crippen LogP contribution in [0.3, 0.4) is 0 Å². The Balaban J connectivity index is 1.47. The standard InChI is InChI=1S/C19H29N5O/c1-15(2)12-23-9-7-16(13-23)10-21-19(25)22(3)14-17-11-20-18-6-4-5-8-24(17)18/h4-6,8,11,15-16H,7,9-10,12-14H2,1-3H3,(H,21,25). The maximum atomic E-state index is 12.4. The molecule has 0 aliphatic carbocycles. The van der Waals surface area contributed by atoms with Crippen molar-refractivity contribution < 1.29 is 4.79 Å². The van der Waals surface area contributed by atoms with Gasteiger partial charge in [0.25, 0.3) is 0 Å². The summed E-state index contributed by atoms with van der Waals surface area (Å²) in [4.78, 5) is 21.0. The van der Waals surface area contributed by atoms with Crippen LogP contribution in [-0.2, 0) is 6.54 Å². The third kappa shape index (κ3) is 4.51. The molecule has 1 saturated heterocycles. The molecule has 2 amide bonds. The monoisotopic (exact) mass is 343 g/mol. The van der Waals surface area contributed by atoms with E-state index in [9.17, 15) is 4.79 Å². The summed E-state index contributed by atoms with van der Waals surface area (Å²) in [6, 6.07) is 5.88. The summed E-state index contributed by atoms with van der Waals surface area (Å²) in [5.41, 5.74) is 1.92. The van der Waals surface area contributed by atoms with Crippen molar-refractivity contribution in [2.75, 3.05) is 33.2 Å². The lowest BCUT2D eigenvalue weighted by molar-refractivity contribution is 0.204. The minimum absolute atomic E-state index is 0.0202. The second-order valence-corrected chi connectivity index (χ2v) is 7.53. The van der Waals surface area contributed by atoms with E-state index >= 15 is 0 Å². The van der Waals surface area contributed by atoms with Gasteiger partial charge in [-0.25, -0.2) is 9.78 Å². The molecule has 1 unspecified atom stereocenters. The molecule has 0 aromatic carbocycles. The van der Waals surface area contributed by atoms with Crippen LogP contribution < -0.4 is 5.32 Å². The number of nitrogens with one attached hydrogen (secondary N) is 1. The Kier molecular flexibility index (Phi) is 5.58. The first-order chi connectivity index (χ1) is 12.0. The molecule has 2 aromatic heterocycles. The number of carbonyl (C=O) groups is 1. The van der Waals surface area contributed by atoms with E-state index in [2.05, 4.69) is 29.0 Å². The number of aromatic nitrogens is 2. The van der Waals surface area contributed by atoms with E-state index in [4.69, 9.17) is 0 Å². The molecular weight excluding hydrogens is 314 g/mol. The molecule has 6 heteroatoms. The zero-order valence-corrected chi connectivity index (χ0v) is 15.5. The van der Waals surface area contributed by atoms with Gasteiger partial charge < -0.3 is 19.5 Å². The first-order valence-corrected chi connectivity index (χ1v) is 9.15. The summed E-state index contributed by atoms with van der Waals surface area (Å²) in [7, 11) is 1.83. The highest BCUT2D eigenvalue weighted by Crippen LogP contribution is 2.16. The largest absolute Gasteiger partial charge is 0.338 e. The Bertz CT molecular complexity index is 711. The number of likely N-dealkylation sites (tertiary alicyclic amines) is 1. The lowest BCUT2D eigenvalue weighted by Crippen LogP contribution is -2.40. The normalized spacial score (nSPS) is 18.2. The molecule has 1 fully saturated rings. The summed E-state index contributed by atoms with van der Waals surface area (Å²) in [6.07, 6.45) is 4.98. The summed E-state index contributed by atoms with van der Waals surface area (Å²) in [5.74, 6) is 1.26. The zero-order valence-electron chi connectivity index (χ0n) is 15.5. The molecule has 25 heavy (non-hydrogen) atoms. The quantitative estimate of drug-likeness (QED) is 0.876. The molecule has 2 aromatic rings. The Labute approximate surface area is 149 Å². The minimum atomic E-state index is -0.0202. The van der Waals surface area contributed by atoms with Gasteiger partial charge in [-0.2, -0.15) is 0 Å². The van der Waals surface area contributed by atoms with Crippen LogP contribution in [0, 0.1) is 11.8 Å². The van der Waals surface area contributed by atoms with Crippen molar-refractivity contribution in [2.24, 2.45) is 11.8 Å². The Hall–Kier alpha value is -2.08. The highest BCUT2D eigenvalue weighted by molar-refractivity contribution is 5.73. The molecule has 1 aliphatic rings. The predicted octanol–water partition coefficient (Wildman–Crippen LogP) is 2.45. The Morgan fingerprint density at radius 3 is 3.08 bits per heavy atom. The van der Waals surface area contributed by atoms with E-state index in [0.717, 1.165) is 37.5 Å². The highest BCUT2D eigenvalue weighted by Gasteiger charge is 2.23. The fourth-order valence-electron chi connectivity index (χ4n) is 3.55. The van der Waals surface area contributed by atoms with Gasteiger partial charge in [0.05, 0.1) is 18.4 Å². The average Bonchev–Trinajstić information content (AvgIpc) is 3.19. The van der Waals surface area contributed by atoms with Gasteiger partial charge in [-0.3, -0.25) is 0 Å². The van der Waals surface area contributed by atoms with Crippen LogP contribution in [0.5, 0.6) is 0 Å². The Morgan fingerprint density at radius 2 is 2.28 bits per heavy atom. The van der Waals surface area contributed by atoms with Gasteiger partial charge in [0.2, 0.25) is 0 Å². The fraction of sp³-hybridized carbons (Fsp3) is 0.579. The maximum absolute atomic E-state index is 12.4. The number of imidazole rings is 1. The van der Waals surface area contributed by atoms with E-state index in [1.54, 1.807) is 4.90 Å². The van der Waals surface area contributed by atoms with Crippen molar-refractivity contribution in [2.45, 2.75) is 26.8 Å². The van der Waals surface area contributed by atoms with Crippen molar-refractivity contribution in [1.29, 1.82) is 0 Å². The number of fused-ring (bicyclic) bond motifs is 1. The molecule has 1 N–H and O–H groups in total. The minimum Gasteiger partial charge on any atom is -0.338 e. The molecule has 0 spiro atoms. The van der Waals surface area contributed by atoms with Crippen molar-refractivity contribution >= 4 is 11.7 Å². The van der Waals surface area contributed by atoms with Crippen LogP contribution in [-0.4, -0.2) is 58.4 Å². The third-order valence-corrected chi connectivity index (χ3v) is 4.77. The number of hydrogen-bond acceptors (Lipinski definition) is 3. The van der Waals surface area contributed by atoms with E-state index in [0.29, 0.717) is 18.4 Å². The first-order valence-electron chi connectivity index (χ1n) is 9.15. The molecule has 3 rings (SSSR count). The number of nitrogens with zero attached hydrogens (tertiary/aromatic N) is 4. The van der Waals surface area contributed by atoms with Crippen LogP contribution >= 0.6 is 0 Å². The zero-order chi connectivity index (χ0) is 17.8. The van der Waals surface area contributed by atoms with Crippen molar-refractivity contribution in [3.63, 3.8) is 0 Å². The van der Waals surface area contributed by atoms with Gasteiger partial charge >= 0.3 is 6.03 Å². The second kappa shape index (κ2) is 7.87. The van der Waals surface area contributed by atoms with Crippen LogP contribution in [0.1, 0.15) is 26.0 Å². The summed E-state index contributed by atoms with van der Waals surface area (Å²) >= 11 is 0. The summed E-state index contributed by atoms with van der Waals surface area (Å²) in [6.45, 7) is 9.20. The number of pyridine rings is 1. The lowest BCUT2D eigenvalue weighted by Gasteiger charge is -2.20. The highest BCUT2D eigenvalue weighted by atomic mass is 16.2. The molecule has 136 valence electrons. The van der Waals surface area contributed by atoms with Crippen LogP contribution in [0.4, 0.5) is 4.79 Å². The van der Waals surface area contributed by atoms with Crippen molar-refractivity contribution in [1.82, 2.24) is 24.5 Å². The van der Waals surface area contributed by atoms with Crippen LogP contribution in [0.25, 0.3) is 5.65 Å². The lowest BCUT2D eigenvalue weighted by atomic mass is 10.1. The van der Waals surface area contributed by atoms with E-state index < -0.39 is 0 Å². The Morgan fingerprint density at radius 1 is 1.44 bits per heavy atom. The van der Waals surface area contributed by atoms with Gasteiger partial charge in [-0.1, -0.05) is 19.9 Å². The number of amides is 2. The number of hydrogen-bond donors (Lipinski definition) is 1. The molecule has 3 heterocycles. The van der Waals surface area contributed by atoms with E-state index in [1.807, 2.05) is 42.0 Å². The number of urea groups is 1.